The summed E-state index contributed by atoms with van der Waals surface area (Å²) in [6, 6.07) is 7.43. The molecule has 0 aromatic heterocycles. The summed E-state index contributed by atoms with van der Waals surface area (Å²) in [5.74, 6) is 1.60. The Morgan fingerprint density at radius 3 is 2.62 bits per heavy atom. The summed E-state index contributed by atoms with van der Waals surface area (Å²) in [6.45, 7) is 7.54. The van der Waals surface area contributed by atoms with Gasteiger partial charge in [0, 0.05) is 12.5 Å². The van der Waals surface area contributed by atoms with Crippen molar-refractivity contribution in [3.63, 3.8) is 0 Å². The van der Waals surface area contributed by atoms with Gasteiger partial charge in [-0.3, -0.25) is 4.79 Å². The first kappa shape index (κ1) is 17.3. The lowest BCUT2D eigenvalue weighted by Crippen LogP contribution is -2.28. The molecule has 21 heavy (non-hydrogen) atoms. The minimum atomic E-state index is 0.0912. The molecule has 118 valence electrons. The number of amides is 1. The number of nitrogens with one attached hydrogen (secondary N) is 1. The Bertz CT molecular complexity index is 438. The SMILES string of the molecule is COc1cccc(OCCNC(=O)CCCC(C)(C)C)c1. The van der Waals surface area contributed by atoms with Gasteiger partial charge in [-0.25, -0.2) is 0 Å². The second-order valence-corrected chi connectivity index (χ2v) is 6.29. The third-order valence-corrected chi connectivity index (χ3v) is 3.06. The molecule has 0 atom stereocenters. The number of methoxy groups -OCH3 is 1. The Kier molecular flexibility index (Phi) is 7.06. The number of hydrogen-bond donors (Lipinski definition) is 1. The van der Waals surface area contributed by atoms with Crippen LogP contribution in [0.15, 0.2) is 24.3 Å². The highest BCUT2D eigenvalue weighted by Gasteiger charge is 2.10. The van der Waals surface area contributed by atoms with Crippen LogP contribution in [0.25, 0.3) is 0 Å². The maximum atomic E-state index is 11.7. The second-order valence-electron chi connectivity index (χ2n) is 6.29. The van der Waals surface area contributed by atoms with Gasteiger partial charge in [0.2, 0.25) is 5.91 Å². The number of carbonyl (C=O) groups excluding carboxylic acids is 1. The van der Waals surface area contributed by atoms with E-state index in [1.165, 1.54) is 0 Å². The second kappa shape index (κ2) is 8.55. The summed E-state index contributed by atoms with van der Waals surface area (Å²) in [7, 11) is 1.62. The lowest BCUT2D eigenvalue weighted by Gasteiger charge is -2.17. The van der Waals surface area contributed by atoms with Crippen LogP contribution in [0.1, 0.15) is 40.0 Å². The van der Waals surface area contributed by atoms with Gasteiger partial charge in [-0.15, -0.1) is 0 Å². The molecule has 0 heterocycles. The zero-order valence-electron chi connectivity index (χ0n) is 13.6. The third kappa shape index (κ3) is 8.23. The normalized spacial score (nSPS) is 11.0. The Balaban J connectivity index is 2.14. The zero-order chi connectivity index (χ0) is 15.7. The fourth-order valence-electron chi connectivity index (χ4n) is 1.92. The highest BCUT2D eigenvalue weighted by Crippen LogP contribution is 2.21. The van der Waals surface area contributed by atoms with Gasteiger partial charge in [0.05, 0.1) is 13.7 Å². The Morgan fingerprint density at radius 2 is 1.95 bits per heavy atom. The van der Waals surface area contributed by atoms with E-state index in [0.29, 0.717) is 19.6 Å². The molecule has 0 bridgehead atoms. The first-order valence-electron chi connectivity index (χ1n) is 7.44. The van der Waals surface area contributed by atoms with E-state index in [-0.39, 0.29) is 11.3 Å². The number of benzene rings is 1. The molecule has 0 aliphatic rings. The largest absolute Gasteiger partial charge is 0.497 e. The van der Waals surface area contributed by atoms with E-state index < -0.39 is 0 Å². The molecule has 1 rings (SSSR count). The van der Waals surface area contributed by atoms with Gasteiger partial charge in [0.25, 0.3) is 0 Å². The molecule has 4 heteroatoms. The molecule has 1 aromatic carbocycles. The van der Waals surface area contributed by atoms with Crippen molar-refractivity contribution in [1.29, 1.82) is 0 Å². The quantitative estimate of drug-likeness (QED) is 0.747. The molecule has 4 nitrogen and oxygen atoms in total. The van der Waals surface area contributed by atoms with E-state index in [9.17, 15) is 4.79 Å². The van der Waals surface area contributed by atoms with E-state index in [4.69, 9.17) is 9.47 Å². The van der Waals surface area contributed by atoms with Gasteiger partial charge in [0.15, 0.2) is 0 Å². The van der Waals surface area contributed by atoms with Crippen LogP contribution in [-0.2, 0) is 4.79 Å². The van der Waals surface area contributed by atoms with Crippen molar-refractivity contribution >= 4 is 5.91 Å². The van der Waals surface area contributed by atoms with Crippen molar-refractivity contribution < 1.29 is 14.3 Å². The van der Waals surface area contributed by atoms with E-state index in [1.807, 2.05) is 24.3 Å². The third-order valence-electron chi connectivity index (χ3n) is 3.06. The average Bonchev–Trinajstić information content (AvgIpc) is 2.42. The van der Waals surface area contributed by atoms with Crippen LogP contribution < -0.4 is 14.8 Å². The van der Waals surface area contributed by atoms with Crippen LogP contribution in [0, 0.1) is 5.41 Å². The molecule has 0 fully saturated rings. The first-order chi connectivity index (χ1) is 9.90. The van der Waals surface area contributed by atoms with Crippen LogP contribution in [0.4, 0.5) is 0 Å². The monoisotopic (exact) mass is 293 g/mol. The van der Waals surface area contributed by atoms with Gasteiger partial charge in [0.1, 0.15) is 18.1 Å². The summed E-state index contributed by atoms with van der Waals surface area (Å²) >= 11 is 0. The molecule has 0 unspecified atom stereocenters. The van der Waals surface area contributed by atoms with Crippen LogP contribution in [0.5, 0.6) is 11.5 Å². The van der Waals surface area contributed by atoms with Gasteiger partial charge in [-0.2, -0.15) is 0 Å². The summed E-state index contributed by atoms with van der Waals surface area (Å²) in [6.07, 6.45) is 2.56. The molecule has 0 aliphatic heterocycles. The summed E-state index contributed by atoms with van der Waals surface area (Å²) in [5.41, 5.74) is 0.287. The Hall–Kier alpha value is -1.71. The standard InChI is InChI=1S/C17H27NO3/c1-17(2,3)10-6-9-16(19)18-11-12-21-15-8-5-7-14(13-15)20-4/h5,7-8,13H,6,9-12H2,1-4H3,(H,18,19). The molecule has 0 saturated carbocycles. The first-order valence-corrected chi connectivity index (χ1v) is 7.44. The Labute approximate surface area is 127 Å². The van der Waals surface area contributed by atoms with Crippen molar-refractivity contribution in [3.8, 4) is 11.5 Å². The molecule has 0 spiro atoms. The maximum absolute atomic E-state index is 11.7. The molecule has 0 saturated heterocycles. The van der Waals surface area contributed by atoms with E-state index in [2.05, 4.69) is 26.1 Å². The van der Waals surface area contributed by atoms with Crippen LogP contribution in [0.3, 0.4) is 0 Å². The van der Waals surface area contributed by atoms with Crippen LogP contribution in [0.2, 0.25) is 0 Å². The van der Waals surface area contributed by atoms with Crippen molar-refractivity contribution in [2.24, 2.45) is 5.41 Å². The van der Waals surface area contributed by atoms with Crippen molar-refractivity contribution in [3.05, 3.63) is 24.3 Å². The summed E-state index contributed by atoms with van der Waals surface area (Å²) in [5, 5.41) is 2.87. The van der Waals surface area contributed by atoms with Crippen LogP contribution in [-0.4, -0.2) is 26.2 Å². The number of rotatable bonds is 8. The maximum Gasteiger partial charge on any atom is 0.220 e. The van der Waals surface area contributed by atoms with E-state index in [0.717, 1.165) is 24.3 Å². The molecule has 0 aliphatic carbocycles. The highest BCUT2D eigenvalue weighted by atomic mass is 16.5. The molecule has 0 radical (unpaired) electrons. The van der Waals surface area contributed by atoms with Crippen molar-refractivity contribution in [2.45, 2.75) is 40.0 Å². The van der Waals surface area contributed by atoms with E-state index >= 15 is 0 Å². The zero-order valence-corrected chi connectivity index (χ0v) is 13.6. The summed E-state index contributed by atoms with van der Waals surface area (Å²) < 4.78 is 10.7. The minimum absolute atomic E-state index is 0.0912. The summed E-state index contributed by atoms with van der Waals surface area (Å²) in [4.78, 5) is 11.7. The topological polar surface area (TPSA) is 47.6 Å². The van der Waals surface area contributed by atoms with Gasteiger partial charge >= 0.3 is 0 Å². The van der Waals surface area contributed by atoms with Gasteiger partial charge < -0.3 is 14.8 Å². The molecule has 1 aromatic rings. The van der Waals surface area contributed by atoms with E-state index in [1.54, 1.807) is 7.11 Å². The predicted octanol–water partition coefficient (Wildman–Crippen LogP) is 3.41. The fourth-order valence-corrected chi connectivity index (χ4v) is 1.92. The van der Waals surface area contributed by atoms with Crippen molar-refractivity contribution in [2.75, 3.05) is 20.3 Å². The predicted molar refractivity (Wildman–Crippen MR) is 84.8 cm³/mol. The average molecular weight is 293 g/mol. The van der Waals surface area contributed by atoms with Crippen LogP contribution >= 0.6 is 0 Å². The Morgan fingerprint density at radius 1 is 1.24 bits per heavy atom. The smallest absolute Gasteiger partial charge is 0.220 e. The fraction of sp³-hybridized carbons (Fsp3) is 0.588. The van der Waals surface area contributed by atoms with Crippen molar-refractivity contribution in [1.82, 2.24) is 5.32 Å². The van der Waals surface area contributed by atoms with Gasteiger partial charge in [-0.1, -0.05) is 26.8 Å². The lowest BCUT2D eigenvalue weighted by molar-refractivity contribution is -0.121. The molecule has 1 amide bonds. The molecular formula is C17H27NO3. The molecular weight excluding hydrogens is 266 g/mol. The molecule has 1 N–H and O–H groups in total. The lowest BCUT2D eigenvalue weighted by atomic mass is 9.90. The minimum Gasteiger partial charge on any atom is -0.497 e. The number of hydrogen-bond acceptors (Lipinski definition) is 3. The number of ether oxygens (including phenoxy) is 2. The van der Waals surface area contributed by atoms with Gasteiger partial charge in [-0.05, 0) is 30.4 Å². The number of carbonyl (C=O) groups is 1. The highest BCUT2D eigenvalue weighted by molar-refractivity contribution is 5.75.